The van der Waals surface area contributed by atoms with Crippen molar-refractivity contribution in [1.29, 1.82) is 0 Å². The maximum atomic E-state index is 12.2. The highest BCUT2D eigenvalue weighted by molar-refractivity contribution is 5.73. The Labute approximate surface area is 150 Å². The predicted molar refractivity (Wildman–Crippen MR) is 94.0 cm³/mol. The van der Waals surface area contributed by atoms with E-state index in [-0.39, 0.29) is 24.7 Å². The van der Waals surface area contributed by atoms with Crippen molar-refractivity contribution in [2.24, 2.45) is 11.8 Å². The van der Waals surface area contributed by atoms with Gasteiger partial charge in [0.1, 0.15) is 0 Å². The molecule has 0 aromatic heterocycles. The first-order valence-corrected chi connectivity index (χ1v) is 8.93. The van der Waals surface area contributed by atoms with Crippen molar-refractivity contribution in [2.75, 3.05) is 0 Å². The fraction of sp³-hybridized carbons (Fsp3) is 0.833. The van der Waals surface area contributed by atoms with Gasteiger partial charge in [-0.15, -0.1) is 0 Å². The van der Waals surface area contributed by atoms with Gasteiger partial charge >= 0.3 is 18.0 Å². The molecule has 0 aliphatic rings. The van der Waals surface area contributed by atoms with Gasteiger partial charge in [-0.2, -0.15) is 0 Å². The molecule has 0 aliphatic carbocycles. The number of amides is 1. The van der Waals surface area contributed by atoms with E-state index in [9.17, 15) is 14.4 Å². The summed E-state index contributed by atoms with van der Waals surface area (Å²) in [5.74, 6) is -1.42. The lowest BCUT2D eigenvalue weighted by Gasteiger charge is -2.32. The van der Waals surface area contributed by atoms with Crippen molar-refractivity contribution < 1.29 is 29.0 Å². The minimum atomic E-state index is -1.01. The molecule has 0 spiro atoms. The lowest BCUT2D eigenvalue weighted by atomic mass is 9.85. The number of hydrogen-bond donors (Lipinski definition) is 2. The predicted octanol–water partition coefficient (Wildman–Crippen LogP) is 3.71. The van der Waals surface area contributed by atoms with Gasteiger partial charge in [-0.05, 0) is 19.3 Å². The minimum absolute atomic E-state index is 0.180. The van der Waals surface area contributed by atoms with Crippen LogP contribution in [0, 0.1) is 11.8 Å². The van der Waals surface area contributed by atoms with Gasteiger partial charge in [0.05, 0.1) is 12.0 Å². The van der Waals surface area contributed by atoms with Crippen LogP contribution < -0.4 is 5.32 Å². The Bertz CT molecular complexity index is 451. The number of rotatable bonds is 11. The molecule has 7 nitrogen and oxygen atoms in total. The Morgan fingerprint density at radius 1 is 1.12 bits per heavy atom. The molecule has 0 radical (unpaired) electrons. The highest BCUT2D eigenvalue weighted by atomic mass is 16.7. The summed E-state index contributed by atoms with van der Waals surface area (Å²) in [7, 11) is 0. The highest BCUT2D eigenvalue weighted by Gasteiger charge is 2.33. The molecule has 0 rings (SSSR count). The van der Waals surface area contributed by atoms with Crippen molar-refractivity contribution >= 4 is 18.0 Å². The first kappa shape index (κ1) is 23.2. The Morgan fingerprint density at radius 3 is 2.16 bits per heavy atom. The molecule has 0 fully saturated rings. The van der Waals surface area contributed by atoms with Gasteiger partial charge in [0.15, 0.2) is 0 Å². The molecule has 1 amide bonds. The van der Waals surface area contributed by atoms with Gasteiger partial charge in [0, 0.05) is 12.3 Å². The molecule has 0 aliphatic heterocycles. The SMILES string of the molecule is CCCC(C)C[C@](C)(CC(=O)O)NC(=O)O[C@H](OC(=O)CC)C(C)C. The number of carbonyl (C=O) groups is 3. The maximum absolute atomic E-state index is 12.2. The number of alkyl carbamates (subject to hydrolysis) is 1. The molecule has 2 N–H and O–H groups in total. The zero-order valence-corrected chi connectivity index (χ0v) is 16.3. The van der Waals surface area contributed by atoms with E-state index in [2.05, 4.69) is 12.2 Å². The second kappa shape index (κ2) is 10.9. The van der Waals surface area contributed by atoms with Crippen LogP contribution in [0.1, 0.15) is 73.6 Å². The van der Waals surface area contributed by atoms with Crippen LogP contribution in [-0.2, 0) is 19.1 Å². The van der Waals surface area contributed by atoms with Gasteiger partial charge in [-0.3, -0.25) is 9.59 Å². The van der Waals surface area contributed by atoms with Gasteiger partial charge in [0.2, 0.25) is 0 Å². The summed E-state index contributed by atoms with van der Waals surface area (Å²) in [5, 5.41) is 11.8. The summed E-state index contributed by atoms with van der Waals surface area (Å²) >= 11 is 0. The number of carbonyl (C=O) groups excluding carboxylic acids is 2. The van der Waals surface area contributed by atoms with E-state index in [1.165, 1.54) is 0 Å². The summed E-state index contributed by atoms with van der Waals surface area (Å²) in [6, 6.07) is 0. The lowest BCUT2D eigenvalue weighted by Crippen LogP contribution is -2.50. The van der Waals surface area contributed by atoms with E-state index >= 15 is 0 Å². The number of hydrogen-bond acceptors (Lipinski definition) is 5. The first-order chi connectivity index (χ1) is 11.5. The van der Waals surface area contributed by atoms with Crippen LogP contribution in [0.15, 0.2) is 0 Å². The largest absolute Gasteiger partial charge is 0.481 e. The van der Waals surface area contributed by atoms with Gasteiger partial charge < -0.3 is 19.9 Å². The quantitative estimate of drug-likeness (QED) is 0.431. The lowest BCUT2D eigenvalue weighted by molar-refractivity contribution is -0.174. The van der Waals surface area contributed by atoms with Crippen molar-refractivity contribution in [3.05, 3.63) is 0 Å². The van der Waals surface area contributed by atoms with Crippen LogP contribution in [0.3, 0.4) is 0 Å². The number of carboxylic acids is 1. The summed E-state index contributed by atoms with van der Waals surface area (Å²) < 4.78 is 10.3. The fourth-order valence-corrected chi connectivity index (χ4v) is 2.76. The third-order valence-electron chi connectivity index (χ3n) is 3.83. The zero-order valence-electron chi connectivity index (χ0n) is 16.3. The molecule has 7 heteroatoms. The third kappa shape index (κ3) is 9.94. The summed E-state index contributed by atoms with van der Waals surface area (Å²) in [5.41, 5.74) is -0.937. The Balaban J connectivity index is 4.98. The maximum Gasteiger partial charge on any atom is 0.410 e. The molecule has 146 valence electrons. The van der Waals surface area contributed by atoms with E-state index in [4.69, 9.17) is 14.6 Å². The average Bonchev–Trinajstić information content (AvgIpc) is 2.44. The molecular formula is C18H33NO6. The minimum Gasteiger partial charge on any atom is -0.481 e. The van der Waals surface area contributed by atoms with Crippen LogP contribution in [-0.4, -0.2) is 35.0 Å². The van der Waals surface area contributed by atoms with Crippen LogP contribution in [0.25, 0.3) is 0 Å². The number of ether oxygens (including phenoxy) is 2. The fourth-order valence-electron chi connectivity index (χ4n) is 2.76. The monoisotopic (exact) mass is 359 g/mol. The molecule has 3 atom stereocenters. The number of carboxylic acid groups (broad SMARTS) is 1. The van der Waals surface area contributed by atoms with Gasteiger partial charge in [0.25, 0.3) is 6.29 Å². The molecule has 0 saturated heterocycles. The molecule has 0 aromatic rings. The topological polar surface area (TPSA) is 102 Å². The number of esters is 1. The van der Waals surface area contributed by atoms with Crippen LogP contribution in [0.2, 0.25) is 0 Å². The molecule has 0 saturated carbocycles. The van der Waals surface area contributed by atoms with E-state index in [1.54, 1.807) is 27.7 Å². The van der Waals surface area contributed by atoms with E-state index < -0.39 is 29.9 Å². The number of aliphatic carboxylic acids is 1. The normalized spacial score (nSPS) is 15.8. The Morgan fingerprint density at radius 2 is 1.72 bits per heavy atom. The molecular weight excluding hydrogens is 326 g/mol. The van der Waals surface area contributed by atoms with E-state index in [1.807, 2.05) is 6.92 Å². The number of nitrogens with one attached hydrogen (secondary N) is 1. The molecule has 0 aromatic carbocycles. The second-order valence-corrected chi connectivity index (χ2v) is 7.22. The van der Waals surface area contributed by atoms with Crippen LogP contribution in [0.5, 0.6) is 0 Å². The second-order valence-electron chi connectivity index (χ2n) is 7.22. The average molecular weight is 359 g/mol. The van der Waals surface area contributed by atoms with Crippen molar-refractivity contribution in [2.45, 2.75) is 85.5 Å². The summed E-state index contributed by atoms with van der Waals surface area (Å²) in [6.07, 6.45) is 0.621. The third-order valence-corrected chi connectivity index (χ3v) is 3.83. The smallest absolute Gasteiger partial charge is 0.410 e. The molecule has 1 unspecified atom stereocenters. The van der Waals surface area contributed by atoms with E-state index in [0.717, 1.165) is 12.8 Å². The van der Waals surface area contributed by atoms with Crippen molar-refractivity contribution in [1.82, 2.24) is 5.32 Å². The molecule has 25 heavy (non-hydrogen) atoms. The van der Waals surface area contributed by atoms with Gasteiger partial charge in [-0.1, -0.05) is 47.5 Å². The molecule has 0 heterocycles. The zero-order chi connectivity index (χ0) is 19.6. The Hall–Kier alpha value is -1.79. The van der Waals surface area contributed by atoms with Crippen molar-refractivity contribution in [3.63, 3.8) is 0 Å². The summed E-state index contributed by atoms with van der Waals surface area (Å²) in [6.45, 7) is 11.0. The van der Waals surface area contributed by atoms with Crippen molar-refractivity contribution in [3.8, 4) is 0 Å². The van der Waals surface area contributed by atoms with E-state index in [0.29, 0.717) is 6.42 Å². The van der Waals surface area contributed by atoms with Crippen LogP contribution >= 0.6 is 0 Å². The standard InChI is InChI=1S/C18H33NO6/c1-7-9-13(5)10-18(6,11-14(20)21)19-17(23)25-16(12(3)4)24-15(22)8-2/h12-13,16H,7-11H2,1-6H3,(H,19,23)(H,20,21)/t13?,16-,18+/m0/s1. The first-order valence-electron chi connectivity index (χ1n) is 8.93. The van der Waals surface area contributed by atoms with Gasteiger partial charge in [-0.25, -0.2) is 4.79 Å². The summed E-state index contributed by atoms with van der Waals surface area (Å²) in [4.78, 5) is 34.9. The van der Waals surface area contributed by atoms with Crippen LogP contribution in [0.4, 0.5) is 4.79 Å². The molecule has 0 bridgehead atoms. The highest BCUT2D eigenvalue weighted by Crippen LogP contribution is 2.24. The Kier molecular flexibility index (Phi) is 10.2.